The van der Waals surface area contributed by atoms with E-state index < -0.39 is 0 Å². The summed E-state index contributed by atoms with van der Waals surface area (Å²) in [5, 5.41) is 0. The van der Waals surface area contributed by atoms with E-state index in [-0.39, 0.29) is 5.82 Å². The Kier molecular flexibility index (Phi) is 4.57. The summed E-state index contributed by atoms with van der Waals surface area (Å²) < 4.78 is 13.7. The quantitative estimate of drug-likeness (QED) is 0.900. The van der Waals surface area contributed by atoms with E-state index in [0.717, 1.165) is 13.0 Å². The van der Waals surface area contributed by atoms with Crippen molar-refractivity contribution in [2.45, 2.75) is 32.1 Å². The van der Waals surface area contributed by atoms with Crippen LogP contribution in [0.15, 0.2) is 22.7 Å². The first-order valence-corrected chi connectivity index (χ1v) is 7.14. The van der Waals surface area contributed by atoms with Gasteiger partial charge in [0.15, 0.2) is 0 Å². The van der Waals surface area contributed by atoms with E-state index in [4.69, 9.17) is 5.73 Å². The molecule has 2 unspecified atom stereocenters. The van der Waals surface area contributed by atoms with Gasteiger partial charge in [-0.05, 0) is 71.3 Å². The fraction of sp³-hybridized carbons (Fsp3) is 0.571. The molecule has 1 saturated carbocycles. The number of rotatable bonds is 3. The molecule has 1 aliphatic rings. The summed E-state index contributed by atoms with van der Waals surface area (Å²) in [5.74, 6) is 1.13. The molecule has 17 heavy (non-hydrogen) atoms. The van der Waals surface area contributed by atoms with Crippen molar-refractivity contribution in [1.82, 2.24) is 0 Å². The smallest absolute Gasteiger partial charge is 0.137 e. The molecule has 1 nitrogen and oxygen atoms in total. The van der Waals surface area contributed by atoms with Gasteiger partial charge >= 0.3 is 0 Å². The van der Waals surface area contributed by atoms with Gasteiger partial charge in [-0.2, -0.15) is 0 Å². The standard InChI is InChI=1S/C14H19BrFN/c15-13-8-10(5-6-14(13)16)7-11-3-1-2-4-12(11)9-17/h5-6,8,11-12H,1-4,7,9,17H2. The van der Waals surface area contributed by atoms with Gasteiger partial charge in [0.05, 0.1) is 4.47 Å². The highest BCUT2D eigenvalue weighted by Crippen LogP contribution is 2.32. The maximum absolute atomic E-state index is 13.2. The minimum Gasteiger partial charge on any atom is -0.330 e. The molecule has 1 aromatic carbocycles. The first kappa shape index (κ1) is 13.0. The second kappa shape index (κ2) is 5.96. The molecule has 2 N–H and O–H groups in total. The van der Waals surface area contributed by atoms with Crippen molar-refractivity contribution in [1.29, 1.82) is 0 Å². The molecule has 1 fully saturated rings. The Bertz CT molecular complexity index is 380. The first-order chi connectivity index (χ1) is 8.20. The van der Waals surface area contributed by atoms with Gasteiger partial charge in [-0.15, -0.1) is 0 Å². The predicted molar refractivity (Wildman–Crippen MR) is 72.3 cm³/mol. The van der Waals surface area contributed by atoms with Gasteiger partial charge in [-0.25, -0.2) is 4.39 Å². The van der Waals surface area contributed by atoms with E-state index in [1.165, 1.54) is 31.2 Å². The summed E-state index contributed by atoms with van der Waals surface area (Å²) in [7, 11) is 0. The maximum Gasteiger partial charge on any atom is 0.137 e. The molecule has 2 rings (SSSR count). The topological polar surface area (TPSA) is 26.0 Å². The molecule has 1 aliphatic carbocycles. The number of hydrogen-bond acceptors (Lipinski definition) is 1. The van der Waals surface area contributed by atoms with Crippen molar-refractivity contribution < 1.29 is 4.39 Å². The van der Waals surface area contributed by atoms with Crippen molar-refractivity contribution in [2.24, 2.45) is 17.6 Å². The van der Waals surface area contributed by atoms with E-state index in [1.807, 2.05) is 12.1 Å². The van der Waals surface area contributed by atoms with Crippen LogP contribution in [0.4, 0.5) is 4.39 Å². The lowest BCUT2D eigenvalue weighted by molar-refractivity contribution is 0.242. The minimum absolute atomic E-state index is 0.187. The second-order valence-electron chi connectivity index (χ2n) is 4.99. The summed E-state index contributed by atoms with van der Waals surface area (Å²) in [6.07, 6.45) is 6.16. The van der Waals surface area contributed by atoms with Crippen LogP contribution in [-0.4, -0.2) is 6.54 Å². The first-order valence-electron chi connectivity index (χ1n) is 6.34. The Morgan fingerprint density at radius 3 is 2.59 bits per heavy atom. The van der Waals surface area contributed by atoms with Crippen molar-refractivity contribution >= 4 is 15.9 Å². The molecule has 3 heteroatoms. The molecule has 94 valence electrons. The highest BCUT2D eigenvalue weighted by molar-refractivity contribution is 9.10. The molecule has 0 aliphatic heterocycles. The lowest BCUT2D eigenvalue weighted by Gasteiger charge is -2.30. The van der Waals surface area contributed by atoms with Crippen LogP contribution in [0, 0.1) is 17.7 Å². The minimum atomic E-state index is -0.187. The van der Waals surface area contributed by atoms with Gasteiger partial charge in [0, 0.05) is 0 Å². The van der Waals surface area contributed by atoms with E-state index in [1.54, 1.807) is 6.07 Å². The van der Waals surface area contributed by atoms with Gasteiger partial charge in [0.1, 0.15) is 5.82 Å². The summed E-state index contributed by atoms with van der Waals surface area (Å²) >= 11 is 3.24. The average Bonchev–Trinajstić information content (AvgIpc) is 2.34. The maximum atomic E-state index is 13.2. The third-order valence-electron chi connectivity index (χ3n) is 3.85. The number of hydrogen-bond donors (Lipinski definition) is 1. The summed E-state index contributed by atoms with van der Waals surface area (Å²) in [4.78, 5) is 0. The van der Waals surface area contributed by atoms with Crippen LogP contribution in [0.25, 0.3) is 0 Å². The van der Waals surface area contributed by atoms with Gasteiger partial charge in [-0.1, -0.05) is 18.9 Å². The molecule has 0 saturated heterocycles. The zero-order valence-corrected chi connectivity index (χ0v) is 11.5. The molecule has 0 heterocycles. The van der Waals surface area contributed by atoms with Crippen LogP contribution >= 0.6 is 15.9 Å². The highest BCUT2D eigenvalue weighted by Gasteiger charge is 2.24. The molecule has 0 radical (unpaired) electrons. The Morgan fingerprint density at radius 1 is 1.24 bits per heavy atom. The van der Waals surface area contributed by atoms with Crippen LogP contribution in [0.2, 0.25) is 0 Å². The van der Waals surface area contributed by atoms with Gasteiger partial charge in [0.25, 0.3) is 0 Å². The molecule has 2 atom stereocenters. The Morgan fingerprint density at radius 2 is 1.94 bits per heavy atom. The molecule has 0 spiro atoms. The van der Waals surface area contributed by atoms with E-state index in [0.29, 0.717) is 16.3 Å². The molecule has 0 amide bonds. The fourth-order valence-electron chi connectivity index (χ4n) is 2.83. The van der Waals surface area contributed by atoms with Crippen LogP contribution in [0.5, 0.6) is 0 Å². The monoisotopic (exact) mass is 299 g/mol. The van der Waals surface area contributed by atoms with Crippen molar-refractivity contribution in [3.8, 4) is 0 Å². The lowest BCUT2D eigenvalue weighted by atomic mass is 9.76. The molecule has 1 aromatic rings. The Labute approximate surface area is 111 Å². The molecular formula is C14H19BrFN. The largest absolute Gasteiger partial charge is 0.330 e. The van der Waals surface area contributed by atoms with Gasteiger partial charge < -0.3 is 5.73 Å². The van der Waals surface area contributed by atoms with Crippen molar-refractivity contribution in [2.75, 3.05) is 6.54 Å². The summed E-state index contributed by atoms with van der Waals surface area (Å²) in [6, 6.07) is 5.33. The number of benzene rings is 1. The Balaban J connectivity index is 2.05. The predicted octanol–water partition coefficient (Wildman–Crippen LogP) is 3.90. The molecule has 0 bridgehead atoms. The SMILES string of the molecule is NCC1CCCCC1Cc1ccc(F)c(Br)c1. The fourth-order valence-corrected chi connectivity index (χ4v) is 3.26. The van der Waals surface area contributed by atoms with Crippen LogP contribution < -0.4 is 5.73 Å². The van der Waals surface area contributed by atoms with E-state index in [2.05, 4.69) is 15.9 Å². The number of halogens is 2. The van der Waals surface area contributed by atoms with Crippen LogP contribution in [-0.2, 0) is 6.42 Å². The highest BCUT2D eigenvalue weighted by atomic mass is 79.9. The molecular weight excluding hydrogens is 281 g/mol. The van der Waals surface area contributed by atoms with Crippen molar-refractivity contribution in [3.63, 3.8) is 0 Å². The normalized spacial score (nSPS) is 24.9. The van der Waals surface area contributed by atoms with Crippen LogP contribution in [0.1, 0.15) is 31.2 Å². The van der Waals surface area contributed by atoms with Gasteiger partial charge in [-0.3, -0.25) is 0 Å². The summed E-state index contributed by atoms with van der Waals surface area (Å²) in [5.41, 5.74) is 7.04. The third-order valence-corrected chi connectivity index (χ3v) is 4.46. The van der Waals surface area contributed by atoms with Crippen molar-refractivity contribution in [3.05, 3.63) is 34.1 Å². The third kappa shape index (κ3) is 3.29. The van der Waals surface area contributed by atoms with E-state index >= 15 is 0 Å². The van der Waals surface area contributed by atoms with Gasteiger partial charge in [0.2, 0.25) is 0 Å². The zero-order chi connectivity index (χ0) is 12.3. The van der Waals surface area contributed by atoms with E-state index in [9.17, 15) is 4.39 Å². The number of nitrogens with two attached hydrogens (primary N) is 1. The molecule has 0 aromatic heterocycles. The summed E-state index contributed by atoms with van der Waals surface area (Å²) in [6.45, 7) is 0.785. The van der Waals surface area contributed by atoms with Crippen LogP contribution in [0.3, 0.4) is 0 Å². The zero-order valence-electron chi connectivity index (χ0n) is 9.96. The average molecular weight is 300 g/mol. The Hall–Kier alpha value is -0.410. The second-order valence-corrected chi connectivity index (χ2v) is 5.85. The lowest BCUT2D eigenvalue weighted by Crippen LogP contribution is -2.28.